The van der Waals surface area contributed by atoms with Crippen LogP contribution in [-0.4, -0.2) is 76.9 Å². The third-order valence-electron chi connectivity index (χ3n) is 5.56. The summed E-state index contributed by atoms with van der Waals surface area (Å²) in [6, 6.07) is 0.258. The van der Waals surface area contributed by atoms with E-state index in [9.17, 15) is 24.6 Å². The number of aliphatic carboxylic acids is 2. The van der Waals surface area contributed by atoms with Gasteiger partial charge >= 0.3 is 18.0 Å². The molecule has 0 bridgehead atoms. The summed E-state index contributed by atoms with van der Waals surface area (Å²) >= 11 is 0. The van der Waals surface area contributed by atoms with Gasteiger partial charge in [0.2, 0.25) is 0 Å². The van der Waals surface area contributed by atoms with Crippen LogP contribution in [0.1, 0.15) is 32.1 Å². The van der Waals surface area contributed by atoms with Gasteiger partial charge in [0.15, 0.2) is 0 Å². The van der Waals surface area contributed by atoms with Crippen molar-refractivity contribution in [3.63, 3.8) is 0 Å². The SMILES string of the molecule is O=C(O)[C@H]1CCC(CN(C(=O)N2CCOCC2)C2CC2)C[C@@H]1C(=O)O. The highest BCUT2D eigenvalue weighted by Crippen LogP contribution is 2.37. The molecule has 8 heteroatoms. The summed E-state index contributed by atoms with van der Waals surface area (Å²) in [6.45, 7) is 2.80. The van der Waals surface area contributed by atoms with Crippen LogP contribution in [0.5, 0.6) is 0 Å². The Labute approximate surface area is 146 Å². The number of carbonyl (C=O) groups is 3. The first-order valence-electron chi connectivity index (χ1n) is 9.06. The number of carboxylic acids is 2. The largest absolute Gasteiger partial charge is 0.481 e. The molecule has 2 aliphatic carbocycles. The van der Waals surface area contributed by atoms with Crippen molar-refractivity contribution in [1.82, 2.24) is 9.80 Å². The molecule has 0 aromatic rings. The van der Waals surface area contributed by atoms with Gasteiger partial charge in [-0.1, -0.05) is 0 Å². The summed E-state index contributed by atoms with van der Waals surface area (Å²) in [5, 5.41) is 18.6. The quantitative estimate of drug-likeness (QED) is 0.766. The number of hydrogen-bond acceptors (Lipinski definition) is 4. The molecule has 3 rings (SSSR count). The van der Waals surface area contributed by atoms with Gasteiger partial charge in [-0.15, -0.1) is 0 Å². The lowest BCUT2D eigenvalue weighted by Gasteiger charge is -2.37. The highest BCUT2D eigenvalue weighted by molar-refractivity contribution is 5.80. The lowest BCUT2D eigenvalue weighted by atomic mass is 9.74. The molecule has 3 atom stereocenters. The Kier molecular flexibility index (Phi) is 5.46. The van der Waals surface area contributed by atoms with Crippen LogP contribution in [0.4, 0.5) is 4.79 Å². The van der Waals surface area contributed by atoms with E-state index in [1.165, 1.54) is 0 Å². The second kappa shape index (κ2) is 7.59. The van der Waals surface area contributed by atoms with Crippen LogP contribution in [0.2, 0.25) is 0 Å². The number of carboxylic acid groups (broad SMARTS) is 2. The third-order valence-corrected chi connectivity index (χ3v) is 5.56. The molecule has 0 aromatic carbocycles. The second-order valence-corrected chi connectivity index (χ2v) is 7.33. The van der Waals surface area contributed by atoms with E-state index in [4.69, 9.17) is 4.74 Å². The van der Waals surface area contributed by atoms with Crippen LogP contribution in [0.15, 0.2) is 0 Å². The maximum atomic E-state index is 12.8. The highest BCUT2D eigenvalue weighted by Gasteiger charge is 2.42. The Hall–Kier alpha value is -1.83. The molecule has 8 nitrogen and oxygen atoms in total. The zero-order valence-corrected chi connectivity index (χ0v) is 14.3. The topological polar surface area (TPSA) is 107 Å². The fourth-order valence-electron chi connectivity index (χ4n) is 3.98. The van der Waals surface area contributed by atoms with E-state index in [0.29, 0.717) is 52.1 Å². The number of rotatable bonds is 5. The summed E-state index contributed by atoms with van der Waals surface area (Å²) in [5.41, 5.74) is 0. The molecular weight excluding hydrogens is 328 g/mol. The average Bonchev–Trinajstić information content (AvgIpc) is 3.44. The first-order chi connectivity index (χ1) is 12.0. The van der Waals surface area contributed by atoms with Crippen molar-refractivity contribution in [1.29, 1.82) is 0 Å². The van der Waals surface area contributed by atoms with Crippen LogP contribution in [0, 0.1) is 17.8 Å². The van der Waals surface area contributed by atoms with E-state index in [-0.39, 0.29) is 18.0 Å². The van der Waals surface area contributed by atoms with Crippen molar-refractivity contribution < 1.29 is 29.3 Å². The van der Waals surface area contributed by atoms with Crippen molar-refractivity contribution >= 4 is 18.0 Å². The third kappa shape index (κ3) is 4.23. The molecule has 3 aliphatic rings. The molecular formula is C17H26N2O6. The Balaban J connectivity index is 1.63. The second-order valence-electron chi connectivity index (χ2n) is 7.33. The molecule has 2 saturated carbocycles. The minimum atomic E-state index is -1.05. The summed E-state index contributed by atoms with van der Waals surface area (Å²) < 4.78 is 5.30. The first-order valence-corrected chi connectivity index (χ1v) is 9.06. The predicted octanol–water partition coefficient (Wildman–Crippen LogP) is 1.10. The summed E-state index contributed by atoms with van der Waals surface area (Å²) in [5.74, 6) is -3.72. The van der Waals surface area contributed by atoms with Crippen molar-refractivity contribution in [3.8, 4) is 0 Å². The molecule has 1 heterocycles. The maximum absolute atomic E-state index is 12.8. The normalized spacial score (nSPS) is 29.9. The average molecular weight is 354 g/mol. The monoisotopic (exact) mass is 354 g/mol. The smallest absolute Gasteiger partial charge is 0.320 e. The number of morpholine rings is 1. The molecule has 0 spiro atoms. The van der Waals surface area contributed by atoms with E-state index in [1.54, 1.807) is 4.90 Å². The van der Waals surface area contributed by atoms with Gasteiger partial charge in [-0.25, -0.2) is 4.79 Å². The lowest BCUT2D eigenvalue weighted by molar-refractivity contribution is -0.156. The minimum Gasteiger partial charge on any atom is -0.481 e. The van der Waals surface area contributed by atoms with E-state index in [1.807, 2.05) is 4.90 Å². The molecule has 1 saturated heterocycles. The Morgan fingerprint density at radius 1 is 0.960 bits per heavy atom. The van der Waals surface area contributed by atoms with E-state index in [0.717, 1.165) is 12.8 Å². The molecule has 0 aromatic heterocycles. The van der Waals surface area contributed by atoms with Gasteiger partial charge in [0.1, 0.15) is 0 Å². The number of amides is 2. The van der Waals surface area contributed by atoms with Crippen LogP contribution in [0.3, 0.4) is 0 Å². The van der Waals surface area contributed by atoms with Crippen LogP contribution in [-0.2, 0) is 14.3 Å². The van der Waals surface area contributed by atoms with Crippen molar-refractivity contribution in [2.45, 2.75) is 38.1 Å². The Morgan fingerprint density at radius 3 is 2.16 bits per heavy atom. The summed E-state index contributed by atoms with van der Waals surface area (Å²) in [6.07, 6.45) is 3.32. The standard InChI is InChI=1S/C17H26N2O6/c20-15(21)13-4-1-11(9-14(13)16(22)23)10-19(12-2-3-12)17(24)18-5-7-25-8-6-18/h11-14H,1-10H2,(H,20,21)(H,22,23)/t11?,13-,14-/m0/s1. The molecule has 1 unspecified atom stereocenters. The number of hydrogen-bond donors (Lipinski definition) is 2. The zero-order valence-electron chi connectivity index (χ0n) is 14.3. The van der Waals surface area contributed by atoms with Crippen LogP contribution >= 0.6 is 0 Å². The Morgan fingerprint density at radius 2 is 1.60 bits per heavy atom. The fourth-order valence-corrected chi connectivity index (χ4v) is 3.98. The molecule has 140 valence electrons. The molecule has 25 heavy (non-hydrogen) atoms. The molecule has 3 fully saturated rings. The molecule has 1 aliphatic heterocycles. The highest BCUT2D eigenvalue weighted by atomic mass is 16.5. The van der Waals surface area contributed by atoms with Crippen LogP contribution in [0.25, 0.3) is 0 Å². The molecule has 0 radical (unpaired) electrons. The van der Waals surface area contributed by atoms with Gasteiger partial charge in [0.05, 0.1) is 25.0 Å². The van der Waals surface area contributed by atoms with Gasteiger partial charge in [0.25, 0.3) is 0 Å². The maximum Gasteiger partial charge on any atom is 0.320 e. The minimum absolute atomic E-state index is 0.0121. The zero-order chi connectivity index (χ0) is 18.0. The van der Waals surface area contributed by atoms with E-state index < -0.39 is 23.8 Å². The molecule has 2 N–H and O–H groups in total. The number of carbonyl (C=O) groups excluding carboxylic acids is 1. The molecule has 2 amide bonds. The van der Waals surface area contributed by atoms with Crippen molar-refractivity contribution in [2.75, 3.05) is 32.8 Å². The number of urea groups is 1. The van der Waals surface area contributed by atoms with Gasteiger partial charge in [-0.2, -0.15) is 0 Å². The summed E-state index contributed by atoms with van der Waals surface area (Å²) in [4.78, 5) is 39.3. The van der Waals surface area contributed by atoms with E-state index in [2.05, 4.69) is 0 Å². The van der Waals surface area contributed by atoms with Gasteiger partial charge in [0, 0.05) is 25.7 Å². The van der Waals surface area contributed by atoms with Gasteiger partial charge < -0.3 is 24.7 Å². The van der Waals surface area contributed by atoms with Gasteiger partial charge in [-0.05, 0) is 38.0 Å². The lowest BCUT2D eigenvalue weighted by Crippen LogP contribution is -2.51. The first kappa shape index (κ1) is 18.0. The van der Waals surface area contributed by atoms with E-state index >= 15 is 0 Å². The fraction of sp³-hybridized carbons (Fsp3) is 0.824. The summed E-state index contributed by atoms with van der Waals surface area (Å²) in [7, 11) is 0. The van der Waals surface area contributed by atoms with Gasteiger partial charge in [-0.3, -0.25) is 9.59 Å². The Bertz CT molecular complexity index is 529. The van der Waals surface area contributed by atoms with Crippen molar-refractivity contribution in [3.05, 3.63) is 0 Å². The number of ether oxygens (including phenoxy) is 1. The number of nitrogens with zero attached hydrogens (tertiary/aromatic N) is 2. The predicted molar refractivity (Wildman–Crippen MR) is 87.1 cm³/mol. The van der Waals surface area contributed by atoms with Crippen LogP contribution < -0.4 is 0 Å². The van der Waals surface area contributed by atoms with Crippen molar-refractivity contribution in [2.24, 2.45) is 17.8 Å².